The summed E-state index contributed by atoms with van der Waals surface area (Å²) in [6.07, 6.45) is 1.61. The van der Waals surface area contributed by atoms with Crippen molar-refractivity contribution in [1.29, 1.82) is 0 Å². The van der Waals surface area contributed by atoms with Gasteiger partial charge < -0.3 is 9.47 Å². The van der Waals surface area contributed by atoms with Gasteiger partial charge in [-0.05, 0) is 99.6 Å². The molecule has 10 heteroatoms. The van der Waals surface area contributed by atoms with Crippen LogP contribution in [0.15, 0.2) is 65.3 Å². The van der Waals surface area contributed by atoms with Crippen molar-refractivity contribution in [2.45, 2.75) is 13.5 Å². The van der Waals surface area contributed by atoms with E-state index >= 15 is 0 Å². The minimum atomic E-state index is -0.621. The zero-order valence-corrected chi connectivity index (χ0v) is 22.6. The van der Waals surface area contributed by atoms with Crippen molar-refractivity contribution in [3.8, 4) is 5.75 Å². The van der Waals surface area contributed by atoms with E-state index in [4.69, 9.17) is 21.1 Å². The standard InChI is InChI=1S/C24H15ClI2N2O5/c1-13-5-6-16(11-21(13)29(31)32)23-28-20(24(30)34-23)10-15-8-18(26)22(19(27)9-15)33-12-14-3-2-4-17(25)7-14/h2-11H,12H2,1H3/b20-10-. The summed E-state index contributed by atoms with van der Waals surface area (Å²) in [6.45, 7) is 2.01. The van der Waals surface area contributed by atoms with Crippen LogP contribution in [-0.2, 0) is 16.1 Å². The summed E-state index contributed by atoms with van der Waals surface area (Å²) in [5.41, 5.74) is 2.62. The lowest BCUT2D eigenvalue weighted by Gasteiger charge is -2.12. The van der Waals surface area contributed by atoms with E-state index in [9.17, 15) is 14.9 Å². The number of cyclic esters (lactones) is 1. The third-order valence-corrected chi connectivity index (χ3v) is 6.71. The van der Waals surface area contributed by atoms with Gasteiger partial charge in [-0.25, -0.2) is 9.79 Å². The van der Waals surface area contributed by atoms with Crippen LogP contribution >= 0.6 is 56.8 Å². The first-order valence-electron chi connectivity index (χ1n) is 9.85. The average Bonchev–Trinajstić information content (AvgIpc) is 3.13. The zero-order chi connectivity index (χ0) is 24.4. The second kappa shape index (κ2) is 10.4. The Labute approximate surface area is 227 Å². The number of carbonyl (C=O) groups is 1. The minimum Gasteiger partial charge on any atom is -0.487 e. The van der Waals surface area contributed by atoms with Crippen LogP contribution in [0.5, 0.6) is 5.75 Å². The van der Waals surface area contributed by atoms with Crippen molar-refractivity contribution in [1.82, 2.24) is 0 Å². The lowest BCUT2D eigenvalue weighted by Crippen LogP contribution is -2.06. The van der Waals surface area contributed by atoms with E-state index in [0.717, 1.165) is 24.0 Å². The molecule has 0 atom stereocenters. The number of nitro groups is 1. The Morgan fingerprint density at radius 2 is 1.88 bits per heavy atom. The number of halogens is 3. The molecule has 3 aromatic rings. The lowest BCUT2D eigenvalue weighted by atomic mass is 10.1. The van der Waals surface area contributed by atoms with Gasteiger partial charge in [-0.15, -0.1) is 0 Å². The fraction of sp³-hybridized carbons (Fsp3) is 0.0833. The molecule has 3 aromatic carbocycles. The quantitative estimate of drug-likeness (QED) is 0.0941. The van der Waals surface area contributed by atoms with E-state index in [1.54, 1.807) is 25.1 Å². The molecule has 1 aliphatic heterocycles. The average molecular weight is 701 g/mol. The highest BCUT2D eigenvalue weighted by Gasteiger charge is 2.26. The predicted molar refractivity (Wildman–Crippen MR) is 146 cm³/mol. The zero-order valence-electron chi connectivity index (χ0n) is 17.6. The van der Waals surface area contributed by atoms with Gasteiger partial charge in [0.2, 0.25) is 5.90 Å². The van der Waals surface area contributed by atoms with Gasteiger partial charge in [0.15, 0.2) is 5.70 Å². The van der Waals surface area contributed by atoms with Gasteiger partial charge in [-0.2, -0.15) is 0 Å². The number of ether oxygens (including phenoxy) is 2. The number of aliphatic imine (C=N–C) groups is 1. The second-order valence-electron chi connectivity index (χ2n) is 7.33. The maximum Gasteiger partial charge on any atom is 0.363 e. The first kappa shape index (κ1) is 24.6. The fourth-order valence-corrected chi connectivity index (χ4v) is 5.55. The summed E-state index contributed by atoms with van der Waals surface area (Å²) >= 11 is 10.4. The molecule has 0 saturated heterocycles. The molecule has 1 aliphatic rings. The smallest absolute Gasteiger partial charge is 0.363 e. The Bertz CT molecular complexity index is 1360. The van der Waals surface area contributed by atoms with Gasteiger partial charge in [0.1, 0.15) is 12.4 Å². The van der Waals surface area contributed by atoms with Crippen LogP contribution in [-0.4, -0.2) is 16.8 Å². The van der Waals surface area contributed by atoms with E-state index < -0.39 is 10.9 Å². The van der Waals surface area contributed by atoms with Crippen molar-refractivity contribution >= 4 is 80.4 Å². The molecule has 34 heavy (non-hydrogen) atoms. The summed E-state index contributed by atoms with van der Waals surface area (Å²) in [5, 5.41) is 11.9. The third kappa shape index (κ3) is 5.58. The molecule has 7 nitrogen and oxygen atoms in total. The van der Waals surface area contributed by atoms with Crippen LogP contribution in [0, 0.1) is 24.2 Å². The Hall–Kier alpha value is -2.51. The monoisotopic (exact) mass is 700 g/mol. The highest BCUT2D eigenvalue weighted by atomic mass is 127. The number of nitro benzene ring substituents is 1. The molecule has 1 heterocycles. The van der Waals surface area contributed by atoms with Gasteiger partial charge in [0.25, 0.3) is 5.69 Å². The first-order chi connectivity index (χ1) is 16.2. The number of hydrogen-bond donors (Lipinski definition) is 0. The number of aryl methyl sites for hydroxylation is 1. The van der Waals surface area contributed by atoms with E-state index in [1.165, 1.54) is 6.07 Å². The van der Waals surface area contributed by atoms with Gasteiger partial charge in [-0.3, -0.25) is 10.1 Å². The number of rotatable bonds is 6. The molecular formula is C24H15ClI2N2O5. The van der Waals surface area contributed by atoms with Crippen molar-refractivity contribution in [3.05, 3.63) is 105 Å². The topological polar surface area (TPSA) is 91.0 Å². The van der Waals surface area contributed by atoms with Crippen molar-refractivity contribution in [2.24, 2.45) is 4.99 Å². The number of carbonyl (C=O) groups excluding carboxylic acids is 1. The number of benzene rings is 3. The molecule has 0 unspecified atom stereocenters. The van der Waals surface area contributed by atoms with Gasteiger partial charge >= 0.3 is 5.97 Å². The maximum absolute atomic E-state index is 12.4. The van der Waals surface area contributed by atoms with E-state index in [1.807, 2.05) is 36.4 Å². The normalized spacial score (nSPS) is 14.2. The predicted octanol–water partition coefficient (Wildman–Crippen LogP) is 6.69. The molecule has 0 aliphatic carbocycles. The molecule has 0 spiro atoms. The largest absolute Gasteiger partial charge is 0.487 e. The van der Waals surface area contributed by atoms with Gasteiger partial charge in [-0.1, -0.05) is 29.8 Å². The molecule has 0 aromatic heterocycles. The van der Waals surface area contributed by atoms with Crippen LogP contribution in [0.3, 0.4) is 0 Å². The molecule has 4 rings (SSSR count). The Morgan fingerprint density at radius 1 is 1.15 bits per heavy atom. The number of hydrogen-bond acceptors (Lipinski definition) is 6. The summed E-state index contributed by atoms with van der Waals surface area (Å²) < 4.78 is 13.0. The fourth-order valence-electron chi connectivity index (χ4n) is 3.21. The molecule has 172 valence electrons. The Morgan fingerprint density at radius 3 is 2.56 bits per heavy atom. The molecule has 0 saturated carbocycles. The second-order valence-corrected chi connectivity index (χ2v) is 10.1. The lowest BCUT2D eigenvalue weighted by molar-refractivity contribution is -0.385. The SMILES string of the molecule is Cc1ccc(C2=N/C(=C\c3cc(I)c(OCc4cccc(Cl)c4)c(I)c3)C(=O)O2)cc1[N+](=O)[O-]. The van der Waals surface area contributed by atoms with Crippen LogP contribution in [0.4, 0.5) is 5.69 Å². The van der Waals surface area contributed by atoms with Gasteiger partial charge in [0.05, 0.1) is 12.1 Å². The molecular weight excluding hydrogens is 686 g/mol. The van der Waals surface area contributed by atoms with Crippen molar-refractivity contribution in [2.75, 3.05) is 0 Å². The van der Waals surface area contributed by atoms with Crippen LogP contribution in [0.2, 0.25) is 5.02 Å². The third-order valence-electron chi connectivity index (χ3n) is 4.87. The Balaban J connectivity index is 1.57. The number of esters is 1. The summed E-state index contributed by atoms with van der Waals surface area (Å²) in [4.78, 5) is 27.4. The summed E-state index contributed by atoms with van der Waals surface area (Å²) in [7, 11) is 0. The molecule has 0 radical (unpaired) electrons. The minimum absolute atomic E-state index is 0.0326. The Kier molecular flexibility index (Phi) is 7.53. The van der Waals surface area contributed by atoms with E-state index in [2.05, 4.69) is 50.2 Å². The molecule has 0 amide bonds. The summed E-state index contributed by atoms with van der Waals surface area (Å²) in [5.74, 6) is 0.142. The van der Waals surface area contributed by atoms with Crippen LogP contribution in [0.1, 0.15) is 22.3 Å². The maximum atomic E-state index is 12.4. The van der Waals surface area contributed by atoms with Gasteiger partial charge in [0, 0.05) is 22.2 Å². The number of nitrogens with zero attached hydrogens (tertiary/aromatic N) is 2. The van der Waals surface area contributed by atoms with Crippen molar-refractivity contribution < 1.29 is 19.2 Å². The molecule has 0 bridgehead atoms. The van der Waals surface area contributed by atoms with E-state index in [0.29, 0.717) is 22.8 Å². The van der Waals surface area contributed by atoms with E-state index in [-0.39, 0.29) is 17.3 Å². The van der Waals surface area contributed by atoms with Crippen LogP contribution in [0.25, 0.3) is 6.08 Å². The molecule has 0 N–H and O–H groups in total. The first-order valence-corrected chi connectivity index (χ1v) is 12.4. The molecule has 0 fully saturated rings. The van der Waals surface area contributed by atoms with Crippen LogP contribution < -0.4 is 4.74 Å². The summed E-state index contributed by atoms with van der Waals surface area (Å²) in [6, 6.07) is 15.8. The van der Waals surface area contributed by atoms with Crippen molar-refractivity contribution in [3.63, 3.8) is 0 Å². The highest BCUT2D eigenvalue weighted by Crippen LogP contribution is 2.31. The highest BCUT2D eigenvalue weighted by molar-refractivity contribution is 14.1.